The van der Waals surface area contributed by atoms with Crippen molar-refractivity contribution in [2.24, 2.45) is 0 Å². The number of halogens is 1. The molecule has 6 heteroatoms. The molecule has 0 bridgehead atoms. The largest absolute Gasteiger partial charge is 0.495 e. The van der Waals surface area contributed by atoms with Gasteiger partial charge in [0.2, 0.25) is 0 Å². The lowest BCUT2D eigenvalue weighted by atomic mass is 10.1. The lowest BCUT2D eigenvalue weighted by Crippen LogP contribution is -2.30. The number of benzene rings is 3. The minimum absolute atomic E-state index is 0.302. The second kappa shape index (κ2) is 7.44. The van der Waals surface area contributed by atoms with Crippen LogP contribution in [0.4, 0.5) is 5.69 Å². The van der Waals surface area contributed by atoms with Crippen LogP contribution in [-0.2, 0) is 4.79 Å². The molecule has 1 heterocycles. The zero-order chi connectivity index (χ0) is 19.7. The first-order chi connectivity index (χ1) is 13.5. The number of rotatable bonds is 5. The molecule has 28 heavy (non-hydrogen) atoms. The predicted octanol–water partition coefficient (Wildman–Crippen LogP) is 5.65. The van der Waals surface area contributed by atoms with Crippen molar-refractivity contribution in [3.63, 3.8) is 0 Å². The van der Waals surface area contributed by atoms with Crippen molar-refractivity contribution in [2.75, 3.05) is 12.4 Å². The summed E-state index contributed by atoms with van der Waals surface area (Å²) in [5, 5.41) is 5.38. The Morgan fingerprint density at radius 3 is 2.54 bits per heavy atom. The summed E-state index contributed by atoms with van der Waals surface area (Å²) in [4.78, 5) is 12.6. The average molecular weight is 396 g/mol. The zero-order valence-electron chi connectivity index (χ0n) is 15.4. The second-order valence-electron chi connectivity index (χ2n) is 6.35. The van der Waals surface area contributed by atoms with Gasteiger partial charge >= 0.3 is 0 Å². The standard InChI is InChI=1S/C22H18ClNO4/c1-13(27-15-9-7-14(23)8-10-15)22(25)24-18-12-20-17(11-21(18)26-2)16-5-3-4-6-19(16)28-20/h3-13H,1-2H3,(H,24,25)/t13-/m1/s1. The summed E-state index contributed by atoms with van der Waals surface area (Å²) in [6, 6.07) is 18.2. The molecule has 1 aromatic heterocycles. The molecule has 1 N–H and O–H groups in total. The number of ether oxygens (including phenoxy) is 2. The Balaban J connectivity index is 1.59. The van der Waals surface area contributed by atoms with Gasteiger partial charge in [0.1, 0.15) is 22.7 Å². The molecule has 0 aliphatic rings. The quantitative estimate of drug-likeness (QED) is 0.474. The van der Waals surface area contributed by atoms with Crippen LogP contribution in [0.3, 0.4) is 0 Å². The highest BCUT2D eigenvalue weighted by Crippen LogP contribution is 2.36. The Bertz CT molecular complexity index is 1150. The summed E-state index contributed by atoms with van der Waals surface area (Å²) < 4.78 is 17.0. The summed E-state index contributed by atoms with van der Waals surface area (Å²) in [5.41, 5.74) is 1.97. The third-order valence-corrected chi connectivity index (χ3v) is 4.70. The Hall–Kier alpha value is -3.18. The van der Waals surface area contributed by atoms with Crippen LogP contribution in [-0.4, -0.2) is 19.1 Å². The number of nitrogens with one attached hydrogen (secondary N) is 1. The van der Waals surface area contributed by atoms with Gasteiger partial charge < -0.3 is 19.2 Å². The van der Waals surface area contributed by atoms with Crippen LogP contribution in [0.1, 0.15) is 6.92 Å². The molecule has 0 fully saturated rings. The van der Waals surface area contributed by atoms with Gasteiger partial charge in [-0.2, -0.15) is 0 Å². The fraction of sp³-hybridized carbons (Fsp3) is 0.136. The number of hydrogen-bond donors (Lipinski definition) is 1. The molecular weight excluding hydrogens is 378 g/mol. The van der Waals surface area contributed by atoms with Gasteiger partial charge in [-0.1, -0.05) is 29.8 Å². The van der Waals surface area contributed by atoms with E-state index in [0.717, 1.165) is 16.4 Å². The Labute approximate surface area is 166 Å². The smallest absolute Gasteiger partial charge is 0.265 e. The second-order valence-corrected chi connectivity index (χ2v) is 6.79. The molecule has 142 valence electrons. The first kappa shape index (κ1) is 18.2. The molecule has 1 atom stereocenters. The van der Waals surface area contributed by atoms with Crippen molar-refractivity contribution < 1.29 is 18.7 Å². The maximum absolute atomic E-state index is 12.6. The fourth-order valence-corrected chi connectivity index (χ4v) is 3.15. The van der Waals surface area contributed by atoms with Crippen molar-refractivity contribution in [2.45, 2.75) is 13.0 Å². The lowest BCUT2D eigenvalue weighted by molar-refractivity contribution is -0.122. The molecule has 0 spiro atoms. The van der Waals surface area contributed by atoms with Crippen LogP contribution in [0.5, 0.6) is 11.5 Å². The maximum atomic E-state index is 12.6. The Morgan fingerprint density at radius 2 is 1.79 bits per heavy atom. The van der Waals surface area contributed by atoms with Crippen LogP contribution < -0.4 is 14.8 Å². The number of hydrogen-bond acceptors (Lipinski definition) is 4. The monoisotopic (exact) mass is 395 g/mol. The normalized spacial score (nSPS) is 12.1. The third-order valence-electron chi connectivity index (χ3n) is 4.45. The summed E-state index contributed by atoms with van der Waals surface area (Å²) >= 11 is 5.87. The van der Waals surface area contributed by atoms with E-state index in [9.17, 15) is 4.79 Å². The van der Waals surface area contributed by atoms with E-state index in [1.807, 2.05) is 30.3 Å². The van der Waals surface area contributed by atoms with Gasteiger partial charge in [-0.05, 0) is 43.3 Å². The minimum Gasteiger partial charge on any atom is -0.495 e. The highest BCUT2D eigenvalue weighted by Gasteiger charge is 2.19. The van der Waals surface area contributed by atoms with Crippen molar-refractivity contribution in [3.8, 4) is 11.5 Å². The van der Waals surface area contributed by atoms with E-state index in [-0.39, 0.29) is 5.91 Å². The van der Waals surface area contributed by atoms with E-state index >= 15 is 0 Å². The summed E-state index contributed by atoms with van der Waals surface area (Å²) in [5.74, 6) is 0.807. The molecule has 0 saturated carbocycles. The number of amides is 1. The van der Waals surface area contributed by atoms with Crippen LogP contribution in [0.25, 0.3) is 21.9 Å². The summed E-state index contributed by atoms with van der Waals surface area (Å²) in [6.07, 6.45) is -0.711. The van der Waals surface area contributed by atoms with Gasteiger partial charge in [-0.15, -0.1) is 0 Å². The molecule has 1 amide bonds. The maximum Gasteiger partial charge on any atom is 0.265 e. The first-order valence-electron chi connectivity index (χ1n) is 8.77. The number of carbonyl (C=O) groups is 1. The van der Waals surface area contributed by atoms with Crippen molar-refractivity contribution in [3.05, 3.63) is 65.7 Å². The van der Waals surface area contributed by atoms with Gasteiger partial charge in [0, 0.05) is 21.9 Å². The molecular formula is C22H18ClNO4. The van der Waals surface area contributed by atoms with E-state index < -0.39 is 6.10 Å². The lowest BCUT2D eigenvalue weighted by Gasteiger charge is -2.16. The van der Waals surface area contributed by atoms with Crippen LogP contribution in [0, 0.1) is 0 Å². The summed E-state index contributed by atoms with van der Waals surface area (Å²) in [6.45, 7) is 1.68. The predicted molar refractivity (Wildman–Crippen MR) is 110 cm³/mol. The topological polar surface area (TPSA) is 60.7 Å². The van der Waals surface area contributed by atoms with Gasteiger partial charge in [0.25, 0.3) is 5.91 Å². The van der Waals surface area contributed by atoms with Gasteiger partial charge in [-0.25, -0.2) is 0 Å². The van der Waals surface area contributed by atoms with E-state index in [2.05, 4.69) is 5.32 Å². The van der Waals surface area contributed by atoms with Gasteiger partial charge in [0.05, 0.1) is 12.8 Å². The highest BCUT2D eigenvalue weighted by molar-refractivity contribution is 6.30. The Morgan fingerprint density at radius 1 is 1.04 bits per heavy atom. The molecule has 3 aromatic carbocycles. The summed E-state index contributed by atoms with van der Waals surface area (Å²) in [7, 11) is 1.56. The number of carbonyl (C=O) groups excluding carboxylic acids is 1. The van der Waals surface area contributed by atoms with Crippen molar-refractivity contribution in [1.82, 2.24) is 0 Å². The third kappa shape index (κ3) is 3.49. The van der Waals surface area contributed by atoms with Crippen molar-refractivity contribution >= 4 is 45.1 Å². The number of methoxy groups -OCH3 is 1. The zero-order valence-corrected chi connectivity index (χ0v) is 16.1. The van der Waals surface area contributed by atoms with Crippen molar-refractivity contribution in [1.29, 1.82) is 0 Å². The molecule has 5 nitrogen and oxygen atoms in total. The van der Waals surface area contributed by atoms with Gasteiger partial charge in [-0.3, -0.25) is 4.79 Å². The molecule has 0 aliphatic carbocycles. The Kier molecular flexibility index (Phi) is 4.84. The SMILES string of the molecule is COc1cc2c(cc1NC(=O)[C@@H](C)Oc1ccc(Cl)cc1)oc1ccccc12. The first-order valence-corrected chi connectivity index (χ1v) is 9.15. The van der Waals surface area contributed by atoms with E-state index in [1.165, 1.54) is 0 Å². The van der Waals surface area contributed by atoms with E-state index in [1.54, 1.807) is 44.4 Å². The number of fused-ring (bicyclic) bond motifs is 3. The van der Waals surface area contributed by atoms with Crippen LogP contribution >= 0.6 is 11.6 Å². The molecule has 0 saturated heterocycles. The number of anilines is 1. The molecule has 4 aromatic rings. The average Bonchev–Trinajstić information content (AvgIpc) is 3.06. The van der Waals surface area contributed by atoms with Crippen LogP contribution in [0.2, 0.25) is 5.02 Å². The number of furan rings is 1. The van der Waals surface area contributed by atoms with E-state index in [4.69, 9.17) is 25.5 Å². The highest BCUT2D eigenvalue weighted by atomic mass is 35.5. The molecule has 0 radical (unpaired) electrons. The van der Waals surface area contributed by atoms with Crippen LogP contribution in [0.15, 0.2) is 65.1 Å². The molecule has 0 aliphatic heterocycles. The van der Waals surface area contributed by atoms with E-state index in [0.29, 0.717) is 27.8 Å². The minimum atomic E-state index is -0.711. The van der Waals surface area contributed by atoms with Gasteiger partial charge in [0.15, 0.2) is 6.10 Å². The fourth-order valence-electron chi connectivity index (χ4n) is 3.02. The molecule has 0 unspecified atom stereocenters. The molecule has 4 rings (SSSR count). The number of para-hydroxylation sites is 1.